The van der Waals surface area contributed by atoms with Crippen molar-refractivity contribution in [2.75, 3.05) is 5.73 Å². The van der Waals surface area contributed by atoms with E-state index in [4.69, 9.17) is 5.73 Å². The lowest BCUT2D eigenvalue weighted by Gasteiger charge is -2.26. The summed E-state index contributed by atoms with van der Waals surface area (Å²) in [7, 11) is 0. The van der Waals surface area contributed by atoms with Crippen LogP contribution in [0, 0.1) is 6.92 Å². The molecule has 4 nitrogen and oxygen atoms in total. The van der Waals surface area contributed by atoms with E-state index >= 15 is 0 Å². The van der Waals surface area contributed by atoms with E-state index in [1.807, 2.05) is 19.1 Å². The lowest BCUT2D eigenvalue weighted by Crippen LogP contribution is -2.30. The second-order valence-electron chi connectivity index (χ2n) is 6.15. The van der Waals surface area contributed by atoms with Gasteiger partial charge in [-0.15, -0.1) is 36.2 Å². The molecule has 1 unspecified atom stereocenters. The van der Waals surface area contributed by atoms with E-state index in [-0.39, 0.29) is 36.8 Å². The topological polar surface area (TPSA) is 68.0 Å². The van der Waals surface area contributed by atoms with E-state index in [0.717, 1.165) is 53.4 Å². The molecule has 1 aliphatic rings. The second-order valence-corrected chi connectivity index (χ2v) is 7.23. The number of halogens is 2. The smallest absolute Gasteiger partial charge is 0.263 e. The molecule has 0 spiro atoms. The van der Waals surface area contributed by atoms with Crippen molar-refractivity contribution in [2.45, 2.75) is 52.0 Å². The number of anilines is 1. The van der Waals surface area contributed by atoms with Gasteiger partial charge >= 0.3 is 0 Å². The van der Waals surface area contributed by atoms with Crippen LogP contribution < -0.4 is 11.1 Å². The van der Waals surface area contributed by atoms with Crippen molar-refractivity contribution in [1.29, 1.82) is 0 Å². The lowest BCUT2D eigenvalue weighted by molar-refractivity contribution is 0.0936. The Labute approximate surface area is 165 Å². The number of amides is 1. The van der Waals surface area contributed by atoms with Crippen LogP contribution >= 0.6 is 36.2 Å². The van der Waals surface area contributed by atoms with Gasteiger partial charge in [-0.1, -0.05) is 13.0 Å². The Hall–Kier alpha value is -1.30. The molecule has 1 atom stereocenters. The zero-order valence-electron chi connectivity index (χ0n) is 14.5. The zero-order valence-corrected chi connectivity index (χ0v) is 17.0. The standard InChI is InChI=1S/C18H23N3OS.2ClH/c1-3-5-16-20-11(2)17(23-16)18(22)21-15-7-4-6-12-10-13(19)8-9-14(12)15;;/h8-10,15H,3-7,19H2,1-2H3,(H,21,22);2*1H. The van der Waals surface area contributed by atoms with Crippen molar-refractivity contribution < 1.29 is 4.79 Å². The van der Waals surface area contributed by atoms with E-state index in [0.29, 0.717) is 0 Å². The fourth-order valence-corrected chi connectivity index (χ4v) is 4.26. The molecular formula is C18H25Cl2N3OS. The third kappa shape index (κ3) is 4.87. The number of nitrogens with one attached hydrogen (secondary N) is 1. The van der Waals surface area contributed by atoms with Gasteiger partial charge in [0, 0.05) is 5.69 Å². The van der Waals surface area contributed by atoms with Crippen LogP contribution in [0.5, 0.6) is 0 Å². The minimum Gasteiger partial charge on any atom is -0.399 e. The van der Waals surface area contributed by atoms with E-state index in [1.165, 1.54) is 22.5 Å². The van der Waals surface area contributed by atoms with Gasteiger partial charge in [-0.05, 0) is 62.3 Å². The largest absolute Gasteiger partial charge is 0.399 e. The van der Waals surface area contributed by atoms with E-state index in [9.17, 15) is 4.79 Å². The molecule has 138 valence electrons. The van der Waals surface area contributed by atoms with Gasteiger partial charge in [0.05, 0.1) is 16.7 Å². The number of thiazole rings is 1. The number of carbonyl (C=O) groups excluding carboxylic acids is 1. The summed E-state index contributed by atoms with van der Waals surface area (Å²) in [4.78, 5) is 17.9. The molecule has 0 saturated carbocycles. The zero-order chi connectivity index (χ0) is 16.4. The van der Waals surface area contributed by atoms with E-state index in [2.05, 4.69) is 23.3 Å². The molecule has 1 heterocycles. The van der Waals surface area contributed by atoms with E-state index < -0.39 is 0 Å². The Balaban J connectivity index is 0.00000156. The minimum absolute atomic E-state index is 0. The third-order valence-electron chi connectivity index (χ3n) is 4.30. The highest BCUT2D eigenvalue weighted by atomic mass is 35.5. The van der Waals surface area contributed by atoms with E-state index in [1.54, 1.807) is 0 Å². The molecule has 1 amide bonds. The van der Waals surface area contributed by atoms with Crippen molar-refractivity contribution >= 4 is 47.7 Å². The van der Waals surface area contributed by atoms with Crippen molar-refractivity contribution in [3.63, 3.8) is 0 Å². The number of nitrogens with zero attached hydrogens (tertiary/aromatic N) is 1. The number of hydrogen-bond donors (Lipinski definition) is 2. The summed E-state index contributed by atoms with van der Waals surface area (Å²) in [6.45, 7) is 4.04. The summed E-state index contributed by atoms with van der Waals surface area (Å²) in [5, 5.41) is 4.25. The van der Waals surface area contributed by atoms with Crippen LogP contribution in [0.1, 0.15) is 63.7 Å². The summed E-state index contributed by atoms with van der Waals surface area (Å²) in [5.41, 5.74) is 9.97. The van der Waals surface area contributed by atoms with Crippen molar-refractivity contribution in [2.24, 2.45) is 0 Å². The highest BCUT2D eigenvalue weighted by molar-refractivity contribution is 7.13. The first-order valence-electron chi connectivity index (χ1n) is 8.24. The molecule has 25 heavy (non-hydrogen) atoms. The van der Waals surface area contributed by atoms with Gasteiger partial charge in [0.2, 0.25) is 0 Å². The first-order valence-corrected chi connectivity index (χ1v) is 9.05. The molecule has 3 rings (SSSR count). The monoisotopic (exact) mass is 401 g/mol. The molecular weight excluding hydrogens is 377 g/mol. The molecule has 0 saturated heterocycles. The fraction of sp³-hybridized carbons (Fsp3) is 0.444. The Kier molecular flexibility index (Phi) is 8.19. The number of nitrogens with two attached hydrogens (primary N) is 1. The number of rotatable bonds is 4. The van der Waals surface area contributed by atoms with Crippen LogP contribution in [-0.4, -0.2) is 10.9 Å². The predicted molar refractivity (Wildman–Crippen MR) is 109 cm³/mol. The summed E-state index contributed by atoms with van der Waals surface area (Å²) in [5.74, 6) is -0.00275. The van der Waals surface area contributed by atoms with Crippen LogP contribution in [0.3, 0.4) is 0 Å². The maximum Gasteiger partial charge on any atom is 0.263 e. The van der Waals surface area contributed by atoms with Gasteiger partial charge in [0.25, 0.3) is 5.91 Å². The number of benzene rings is 1. The van der Waals surface area contributed by atoms with Gasteiger partial charge in [0.1, 0.15) is 4.88 Å². The van der Waals surface area contributed by atoms with Crippen molar-refractivity contribution in [3.8, 4) is 0 Å². The molecule has 1 aliphatic carbocycles. The third-order valence-corrected chi connectivity index (χ3v) is 5.51. The summed E-state index contributed by atoms with van der Waals surface area (Å²) in [6, 6.07) is 6.07. The fourth-order valence-electron chi connectivity index (χ4n) is 3.19. The van der Waals surface area contributed by atoms with Crippen LogP contribution in [0.25, 0.3) is 0 Å². The normalized spacial score (nSPS) is 15.5. The molecule has 3 N–H and O–H groups in total. The predicted octanol–water partition coefficient (Wildman–Crippen LogP) is 4.64. The molecule has 0 fully saturated rings. The van der Waals surface area contributed by atoms with Gasteiger partial charge in [0.15, 0.2) is 0 Å². The van der Waals surface area contributed by atoms with Crippen LogP contribution in [-0.2, 0) is 12.8 Å². The number of nitrogen functional groups attached to an aromatic ring is 1. The minimum atomic E-state index is -0.00275. The molecule has 0 radical (unpaired) electrons. The number of aromatic nitrogens is 1. The molecule has 2 aromatic rings. The first kappa shape index (κ1) is 21.7. The Morgan fingerprint density at radius 2 is 2.16 bits per heavy atom. The summed E-state index contributed by atoms with van der Waals surface area (Å²) < 4.78 is 0. The highest BCUT2D eigenvalue weighted by Crippen LogP contribution is 2.31. The highest BCUT2D eigenvalue weighted by Gasteiger charge is 2.24. The average Bonchev–Trinajstić information content (AvgIpc) is 2.88. The first-order chi connectivity index (χ1) is 11.1. The number of aryl methyl sites for hydroxylation is 3. The number of fused-ring (bicyclic) bond motifs is 1. The molecule has 1 aromatic carbocycles. The lowest BCUT2D eigenvalue weighted by atomic mass is 9.87. The maximum absolute atomic E-state index is 12.7. The summed E-state index contributed by atoms with van der Waals surface area (Å²) >= 11 is 1.52. The summed E-state index contributed by atoms with van der Waals surface area (Å²) in [6.07, 6.45) is 5.06. The van der Waals surface area contributed by atoms with Crippen molar-refractivity contribution in [1.82, 2.24) is 10.3 Å². The quantitative estimate of drug-likeness (QED) is 0.733. The number of hydrogen-bond acceptors (Lipinski definition) is 4. The van der Waals surface area contributed by atoms with Crippen LogP contribution in [0.4, 0.5) is 5.69 Å². The molecule has 7 heteroatoms. The molecule has 0 bridgehead atoms. The maximum atomic E-state index is 12.7. The second kappa shape index (κ2) is 9.41. The average molecular weight is 402 g/mol. The van der Waals surface area contributed by atoms with Gasteiger partial charge in [-0.25, -0.2) is 4.98 Å². The molecule has 0 aliphatic heterocycles. The number of carbonyl (C=O) groups is 1. The molecule has 1 aromatic heterocycles. The Morgan fingerprint density at radius 3 is 2.88 bits per heavy atom. The van der Waals surface area contributed by atoms with Gasteiger partial charge in [-0.2, -0.15) is 0 Å². The van der Waals surface area contributed by atoms with Crippen LogP contribution in [0.15, 0.2) is 18.2 Å². The Bertz CT molecular complexity index is 733. The van der Waals surface area contributed by atoms with Crippen molar-refractivity contribution in [3.05, 3.63) is 44.9 Å². The van der Waals surface area contributed by atoms with Crippen LogP contribution in [0.2, 0.25) is 0 Å². The van der Waals surface area contributed by atoms with Gasteiger partial charge in [-0.3, -0.25) is 4.79 Å². The Morgan fingerprint density at radius 1 is 1.40 bits per heavy atom. The van der Waals surface area contributed by atoms with Gasteiger partial charge < -0.3 is 11.1 Å². The SMILES string of the molecule is CCCc1nc(C)c(C(=O)NC2CCCc3cc(N)ccc32)s1.Cl.Cl.